The van der Waals surface area contributed by atoms with Gasteiger partial charge in [0.25, 0.3) is 5.56 Å². The fourth-order valence-electron chi connectivity index (χ4n) is 1.38. The summed E-state index contributed by atoms with van der Waals surface area (Å²) in [5.41, 5.74) is 6.20. The molecule has 1 rings (SSSR count). The maximum absolute atomic E-state index is 11.6. The van der Waals surface area contributed by atoms with Gasteiger partial charge < -0.3 is 16.0 Å². The van der Waals surface area contributed by atoms with Gasteiger partial charge in [-0.3, -0.25) is 4.79 Å². The van der Waals surface area contributed by atoms with Gasteiger partial charge in [0.05, 0.1) is 0 Å². The Morgan fingerprint density at radius 3 is 2.81 bits per heavy atom. The Kier molecular flexibility index (Phi) is 4.57. The minimum atomic E-state index is -0.630. The monoisotopic (exact) mass is 223 g/mol. The molecule has 0 aliphatic carbocycles. The third-order valence-electron chi connectivity index (χ3n) is 2.30. The highest BCUT2D eigenvalue weighted by atomic mass is 16.2. The third-order valence-corrected chi connectivity index (χ3v) is 2.30. The number of hydrogen-bond acceptors (Lipinski definition) is 2. The third kappa shape index (κ3) is 3.76. The van der Waals surface area contributed by atoms with Crippen LogP contribution >= 0.6 is 0 Å². The SMILES string of the molecule is CCCCc1ccc(CNC(N)=O)c(=O)[nH]1. The van der Waals surface area contributed by atoms with Crippen LogP contribution in [-0.2, 0) is 13.0 Å². The van der Waals surface area contributed by atoms with Gasteiger partial charge in [-0.1, -0.05) is 19.4 Å². The summed E-state index contributed by atoms with van der Waals surface area (Å²) in [5.74, 6) is 0. The van der Waals surface area contributed by atoms with Gasteiger partial charge in [0.1, 0.15) is 0 Å². The smallest absolute Gasteiger partial charge is 0.312 e. The van der Waals surface area contributed by atoms with E-state index in [9.17, 15) is 9.59 Å². The van der Waals surface area contributed by atoms with Gasteiger partial charge in [-0.2, -0.15) is 0 Å². The van der Waals surface area contributed by atoms with Gasteiger partial charge in [-0.05, 0) is 18.9 Å². The van der Waals surface area contributed by atoms with E-state index in [0.717, 1.165) is 25.0 Å². The lowest BCUT2D eigenvalue weighted by molar-refractivity contribution is 0.248. The maximum atomic E-state index is 11.6. The molecular weight excluding hydrogens is 206 g/mol. The Morgan fingerprint density at radius 2 is 2.25 bits per heavy atom. The molecule has 2 amide bonds. The molecule has 0 saturated carbocycles. The molecule has 5 heteroatoms. The molecular formula is C11H17N3O2. The molecule has 0 aliphatic rings. The van der Waals surface area contributed by atoms with E-state index in [0.29, 0.717) is 5.56 Å². The number of nitrogens with two attached hydrogens (primary N) is 1. The number of carbonyl (C=O) groups is 1. The Morgan fingerprint density at radius 1 is 1.50 bits per heavy atom. The second-order valence-corrected chi connectivity index (χ2v) is 3.66. The first-order valence-corrected chi connectivity index (χ1v) is 5.38. The van der Waals surface area contributed by atoms with Crippen LogP contribution in [0.4, 0.5) is 4.79 Å². The van der Waals surface area contributed by atoms with Gasteiger partial charge in [-0.25, -0.2) is 4.79 Å². The lowest BCUT2D eigenvalue weighted by Crippen LogP contribution is -2.31. The molecule has 0 unspecified atom stereocenters. The molecule has 0 aromatic carbocycles. The van der Waals surface area contributed by atoms with Crippen molar-refractivity contribution in [1.82, 2.24) is 10.3 Å². The number of nitrogens with one attached hydrogen (secondary N) is 2. The lowest BCUT2D eigenvalue weighted by Gasteiger charge is -2.03. The number of pyridine rings is 1. The van der Waals surface area contributed by atoms with E-state index in [1.165, 1.54) is 0 Å². The first-order chi connectivity index (χ1) is 7.63. The summed E-state index contributed by atoms with van der Waals surface area (Å²) in [6.45, 7) is 2.27. The molecule has 0 atom stereocenters. The van der Waals surface area contributed by atoms with Crippen LogP contribution in [-0.4, -0.2) is 11.0 Å². The van der Waals surface area contributed by atoms with Crippen molar-refractivity contribution >= 4 is 6.03 Å². The standard InChI is InChI=1S/C11H17N3O2/c1-2-3-4-9-6-5-8(10(15)14-9)7-13-11(12)16/h5-6H,2-4,7H2,1H3,(H,14,15)(H3,12,13,16). The minimum absolute atomic E-state index is 0.164. The Bertz CT molecular complexity index is 412. The van der Waals surface area contributed by atoms with E-state index in [4.69, 9.17) is 5.73 Å². The topological polar surface area (TPSA) is 88.0 Å². The van der Waals surface area contributed by atoms with E-state index >= 15 is 0 Å². The average molecular weight is 223 g/mol. The van der Waals surface area contributed by atoms with Crippen molar-refractivity contribution in [2.45, 2.75) is 32.7 Å². The highest BCUT2D eigenvalue weighted by Gasteiger charge is 2.02. The van der Waals surface area contributed by atoms with Crippen LogP contribution in [0.1, 0.15) is 31.0 Å². The largest absolute Gasteiger partial charge is 0.352 e. The van der Waals surface area contributed by atoms with Gasteiger partial charge in [-0.15, -0.1) is 0 Å². The van der Waals surface area contributed by atoms with E-state index in [1.54, 1.807) is 6.07 Å². The number of rotatable bonds is 5. The van der Waals surface area contributed by atoms with Crippen molar-refractivity contribution in [1.29, 1.82) is 0 Å². The number of urea groups is 1. The van der Waals surface area contributed by atoms with Crippen molar-refractivity contribution in [3.8, 4) is 0 Å². The van der Waals surface area contributed by atoms with Crippen molar-refractivity contribution in [2.24, 2.45) is 5.73 Å². The van der Waals surface area contributed by atoms with Crippen LogP contribution in [0, 0.1) is 0 Å². The zero-order valence-corrected chi connectivity index (χ0v) is 9.38. The maximum Gasteiger partial charge on any atom is 0.312 e. The fourth-order valence-corrected chi connectivity index (χ4v) is 1.38. The first kappa shape index (κ1) is 12.3. The van der Waals surface area contributed by atoms with E-state index in [1.807, 2.05) is 6.07 Å². The molecule has 0 aliphatic heterocycles. The second-order valence-electron chi connectivity index (χ2n) is 3.66. The van der Waals surface area contributed by atoms with Gasteiger partial charge >= 0.3 is 6.03 Å². The average Bonchev–Trinajstić information content (AvgIpc) is 2.24. The molecule has 88 valence electrons. The highest BCUT2D eigenvalue weighted by molar-refractivity contribution is 5.71. The number of H-pyrrole nitrogens is 1. The minimum Gasteiger partial charge on any atom is -0.352 e. The number of aromatic nitrogens is 1. The summed E-state index contributed by atoms with van der Waals surface area (Å²) in [5, 5.41) is 2.38. The van der Waals surface area contributed by atoms with Crippen molar-refractivity contribution in [2.75, 3.05) is 0 Å². The molecule has 1 aromatic rings. The number of aromatic amines is 1. The van der Waals surface area contributed by atoms with E-state index in [-0.39, 0.29) is 12.1 Å². The molecule has 0 saturated heterocycles. The zero-order valence-electron chi connectivity index (χ0n) is 9.38. The normalized spacial score (nSPS) is 10.1. The van der Waals surface area contributed by atoms with Crippen molar-refractivity contribution < 1.29 is 4.79 Å². The molecule has 0 bridgehead atoms. The molecule has 1 aromatic heterocycles. The number of carbonyl (C=O) groups excluding carboxylic acids is 1. The molecule has 16 heavy (non-hydrogen) atoms. The molecule has 5 nitrogen and oxygen atoms in total. The summed E-state index contributed by atoms with van der Waals surface area (Å²) < 4.78 is 0. The summed E-state index contributed by atoms with van der Waals surface area (Å²) in [7, 11) is 0. The predicted octanol–water partition coefficient (Wildman–Crippen LogP) is 0.886. The molecule has 4 N–H and O–H groups in total. The summed E-state index contributed by atoms with van der Waals surface area (Å²) >= 11 is 0. The van der Waals surface area contributed by atoms with Crippen LogP contribution in [0.25, 0.3) is 0 Å². The summed E-state index contributed by atoms with van der Waals surface area (Å²) in [4.78, 5) is 24.8. The van der Waals surface area contributed by atoms with E-state index < -0.39 is 6.03 Å². The van der Waals surface area contributed by atoms with Gasteiger partial charge in [0.15, 0.2) is 0 Å². The van der Waals surface area contributed by atoms with E-state index in [2.05, 4.69) is 17.2 Å². The highest BCUT2D eigenvalue weighted by Crippen LogP contribution is 2.00. The molecule has 0 radical (unpaired) electrons. The van der Waals surface area contributed by atoms with Crippen molar-refractivity contribution in [3.05, 3.63) is 33.7 Å². The van der Waals surface area contributed by atoms with Crippen LogP contribution in [0.3, 0.4) is 0 Å². The van der Waals surface area contributed by atoms with Crippen LogP contribution in [0.5, 0.6) is 0 Å². The van der Waals surface area contributed by atoms with Crippen LogP contribution in [0.2, 0.25) is 0 Å². The predicted molar refractivity (Wildman–Crippen MR) is 62.1 cm³/mol. The van der Waals surface area contributed by atoms with Gasteiger partial charge in [0, 0.05) is 17.8 Å². The molecule has 0 fully saturated rings. The Labute approximate surface area is 94.1 Å². The number of primary amides is 1. The first-order valence-electron chi connectivity index (χ1n) is 5.38. The number of unbranched alkanes of at least 4 members (excludes halogenated alkanes) is 1. The van der Waals surface area contributed by atoms with Crippen LogP contribution in [0.15, 0.2) is 16.9 Å². The Hall–Kier alpha value is -1.78. The van der Waals surface area contributed by atoms with Gasteiger partial charge in [0.2, 0.25) is 0 Å². The molecule has 0 spiro atoms. The van der Waals surface area contributed by atoms with Crippen LogP contribution < -0.4 is 16.6 Å². The summed E-state index contributed by atoms with van der Waals surface area (Å²) in [6.07, 6.45) is 3.01. The fraction of sp³-hybridized carbons (Fsp3) is 0.455. The second kappa shape index (κ2) is 5.95. The molecule has 1 heterocycles. The zero-order chi connectivity index (χ0) is 12.0. The van der Waals surface area contributed by atoms with Crippen molar-refractivity contribution in [3.63, 3.8) is 0 Å². The number of hydrogen-bond donors (Lipinski definition) is 3. The number of aryl methyl sites for hydroxylation is 1. The Balaban J connectivity index is 2.67. The number of amides is 2. The lowest BCUT2D eigenvalue weighted by atomic mass is 10.1. The summed E-state index contributed by atoms with van der Waals surface area (Å²) in [6, 6.07) is 2.96. The quantitative estimate of drug-likeness (QED) is 0.692.